The lowest BCUT2D eigenvalue weighted by atomic mass is 10.1. The third-order valence-electron chi connectivity index (χ3n) is 3.53. The quantitative estimate of drug-likeness (QED) is 0.653. The number of hydrogen-bond acceptors (Lipinski definition) is 3. The molecule has 1 fully saturated rings. The molecule has 100 valence electrons. The minimum absolute atomic E-state index is 0.270. The van der Waals surface area contributed by atoms with Crippen molar-refractivity contribution in [3.63, 3.8) is 0 Å². The Bertz CT molecular complexity index is 493. The van der Waals surface area contributed by atoms with E-state index in [1.807, 2.05) is 12.1 Å². The first-order chi connectivity index (χ1) is 9.22. The third-order valence-corrected chi connectivity index (χ3v) is 3.53. The summed E-state index contributed by atoms with van der Waals surface area (Å²) in [5.41, 5.74) is 1.44. The van der Waals surface area contributed by atoms with Crippen molar-refractivity contribution in [1.82, 2.24) is 0 Å². The summed E-state index contributed by atoms with van der Waals surface area (Å²) in [5.74, 6) is 6.85. The fourth-order valence-electron chi connectivity index (χ4n) is 2.36. The van der Waals surface area contributed by atoms with Gasteiger partial charge in [-0.25, -0.2) is 4.79 Å². The van der Waals surface area contributed by atoms with E-state index in [2.05, 4.69) is 16.6 Å². The molecule has 0 aromatic heterocycles. The zero-order valence-corrected chi connectivity index (χ0v) is 11.1. The molecule has 1 aliphatic rings. The molecule has 0 heterocycles. The monoisotopic (exact) mass is 258 g/mol. The van der Waals surface area contributed by atoms with Crippen LogP contribution in [0.1, 0.15) is 35.2 Å². The topological polar surface area (TPSA) is 46.5 Å². The van der Waals surface area contributed by atoms with Crippen LogP contribution >= 0.6 is 0 Å². The van der Waals surface area contributed by atoms with E-state index in [-0.39, 0.29) is 12.6 Å². The number of aliphatic hydroxyl groups is 1. The number of methoxy groups -OCH3 is 1. The summed E-state index contributed by atoms with van der Waals surface area (Å²) in [6, 6.07) is 7.11. The molecule has 1 aromatic rings. The van der Waals surface area contributed by atoms with E-state index in [1.165, 1.54) is 7.11 Å². The van der Waals surface area contributed by atoms with Gasteiger partial charge in [-0.2, -0.15) is 0 Å². The van der Waals surface area contributed by atoms with Gasteiger partial charge >= 0.3 is 5.97 Å². The van der Waals surface area contributed by atoms with E-state index in [0.717, 1.165) is 24.8 Å². The van der Waals surface area contributed by atoms with E-state index >= 15 is 0 Å². The first-order valence-corrected chi connectivity index (χ1v) is 6.53. The van der Waals surface area contributed by atoms with Gasteiger partial charge in [0.05, 0.1) is 12.7 Å². The Morgan fingerprint density at radius 1 is 1.37 bits per heavy atom. The lowest BCUT2D eigenvalue weighted by Gasteiger charge is -2.02. The maximum atomic E-state index is 11.3. The molecule has 1 aliphatic carbocycles. The molecule has 3 nitrogen and oxygen atoms in total. The van der Waals surface area contributed by atoms with Gasteiger partial charge in [-0.15, -0.1) is 0 Å². The van der Waals surface area contributed by atoms with Gasteiger partial charge in [0.15, 0.2) is 0 Å². The van der Waals surface area contributed by atoms with Gasteiger partial charge in [-0.3, -0.25) is 0 Å². The molecule has 1 saturated carbocycles. The smallest absolute Gasteiger partial charge is 0.337 e. The Morgan fingerprint density at radius 3 is 2.68 bits per heavy atom. The molecule has 0 bridgehead atoms. The summed E-state index contributed by atoms with van der Waals surface area (Å²) in [4.78, 5) is 11.3. The molecular formula is C16H18O3. The normalized spacial score (nSPS) is 21.6. The third kappa shape index (κ3) is 3.59. The Hall–Kier alpha value is -1.79. The Kier molecular flexibility index (Phi) is 4.59. The molecule has 0 aliphatic heterocycles. The van der Waals surface area contributed by atoms with Crippen molar-refractivity contribution in [3.05, 3.63) is 35.4 Å². The van der Waals surface area contributed by atoms with E-state index in [9.17, 15) is 4.79 Å². The van der Waals surface area contributed by atoms with Crippen LogP contribution in [0.25, 0.3) is 0 Å². The molecular weight excluding hydrogens is 240 g/mol. The van der Waals surface area contributed by atoms with Crippen molar-refractivity contribution >= 4 is 5.97 Å². The van der Waals surface area contributed by atoms with E-state index in [4.69, 9.17) is 5.11 Å². The summed E-state index contributed by atoms with van der Waals surface area (Å²) in [7, 11) is 1.37. The van der Waals surface area contributed by atoms with Gasteiger partial charge in [-0.05, 0) is 49.4 Å². The first-order valence-electron chi connectivity index (χ1n) is 6.53. The van der Waals surface area contributed by atoms with Gasteiger partial charge in [-0.1, -0.05) is 11.8 Å². The average Bonchev–Trinajstić information content (AvgIpc) is 2.93. The van der Waals surface area contributed by atoms with Crippen LogP contribution in [0.3, 0.4) is 0 Å². The zero-order chi connectivity index (χ0) is 13.7. The molecule has 1 aromatic carbocycles. The fourth-order valence-corrected chi connectivity index (χ4v) is 2.36. The van der Waals surface area contributed by atoms with Crippen LogP contribution in [-0.2, 0) is 4.74 Å². The number of carbonyl (C=O) groups excluding carboxylic acids is 1. The number of aliphatic hydroxyl groups excluding tert-OH is 1. The summed E-state index contributed by atoms with van der Waals surface area (Å²) in [6.07, 6.45) is 3.12. The molecule has 0 amide bonds. The van der Waals surface area contributed by atoms with Gasteiger partial charge in [0, 0.05) is 18.1 Å². The van der Waals surface area contributed by atoms with Crippen LogP contribution in [0.4, 0.5) is 0 Å². The molecule has 2 rings (SSSR count). The highest BCUT2D eigenvalue weighted by molar-refractivity contribution is 5.89. The number of hydrogen-bond donors (Lipinski definition) is 1. The van der Waals surface area contributed by atoms with Crippen molar-refractivity contribution in [1.29, 1.82) is 0 Å². The first kappa shape index (κ1) is 13.6. The highest BCUT2D eigenvalue weighted by Gasteiger charge is 2.22. The highest BCUT2D eigenvalue weighted by Crippen LogP contribution is 2.29. The number of esters is 1. The van der Waals surface area contributed by atoms with Gasteiger partial charge in [0.1, 0.15) is 0 Å². The summed E-state index contributed by atoms with van der Waals surface area (Å²) >= 11 is 0. The second kappa shape index (κ2) is 6.40. The molecule has 0 radical (unpaired) electrons. The highest BCUT2D eigenvalue weighted by atomic mass is 16.5. The molecule has 3 heteroatoms. The molecule has 2 atom stereocenters. The van der Waals surface area contributed by atoms with Crippen LogP contribution in [-0.4, -0.2) is 24.8 Å². The standard InChI is InChI=1S/C16H18O3/c1-19-16(18)15-8-6-12(7-9-15)2-3-13-4-5-14(10-13)11-17/h6-9,13-14,17H,4-5,10-11H2,1H3. The number of ether oxygens (including phenoxy) is 1. The summed E-state index contributed by atoms with van der Waals surface area (Å²) < 4.78 is 4.64. The average molecular weight is 258 g/mol. The Balaban J connectivity index is 1.99. The van der Waals surface area contributed by atoms with E-state index in [0.29, 0.717) is 17.4 Å². The summed E-state index contributed by atoms with van der Waals surface area (Å²) in [6.45, 7) is 0.270. The van der Waals surface area contributed by atoms with Gasteiger partial charge < -0.3 is 9.84 Å². The minimum atomic E-state index is -0.332. The summed E-state index contributed by atoms with van der Waals surface area (Å²) in [5, 5.41) is 9.08. The van der Waals surface area contributed by atoms with Crippen molar-refractivity contribution in [2.24, 2.45) is 11.8 Å². The lowest BCUT2D eigenvalue weighted by molar-refractivity contribution is 0.0600. The predicted molar refractivity (Wildman–Crippen MR) is 72.6 cm³/mol. The van der Waals surface area contributed by atoms with Crippen molar-refractivity contribution in [2.45, 2.75) is 19.3 Å². The van der Waals surface area contributed by atoms with Crippen LogP contribution in [0.5, 0.6) is 0 Å². The number of carbonyl (C=O) groups is 1. The van der Waals surface area contributed by atoms with Crippen molar-refractivity contribution in [2.75, 3.05) is 13.7 Å². The minimum Gasteiger partial charge on any atom is -0.465 e. The van der Waals surface area contributed by atoms with E-state index < -0.39 is 0 Å². The molecule has 0 spiro atoms. The Labute approximate surface area is 113 Å². The van der Waals surface area contributed by atoms with Gasteiger partial charge in [0.25, 0.3) is 0 Å². The SMILES string of the molecule is COC(=O)c1ccc(C#CC2CCC(CO)C2)cc1. The second-order valence-electron chi connectivity index (χ2n) is 4.90. The number of benzene rings is 1. The largest absolute Gasteiger partial charge is 0.465 e. The van der Waals surface area contributed by atoms with Crippen molar-refractivity contribution < 1.29 is 14.6 Å². The van der Waals surface area contributed by atoms with E-state index in [1.54, 1.807) is 12.1 Å². The zero-order valence-electron chi connectivity index (χ0n) is 11.1. The Morgan fingerprint density at radius 2 is 2.11 bits per heavy atom. The second-order valence-corrected chi connectivity index (χ2v) is 4.90. The molecule has 1 N–H and O–H groups in total. The van der Waals surface area contributed by atoms with Crippen LogP contribution in [0.15, 0.2) is 24.3 Å². The van der Waals surface area contributed by atoms with Crippen LogP contribution < -0.4 is 0 Å². The van der Waals surface area contributed by atoms with Crippen molar-refractivity contribution in [3.8, 4) is 11.8 Å². The maximum absolute atomic E-state index is 11.3. The van der Waals surface area contributed by atoms with Crippen LogP contribution in [0.2, 0.25) is 0 Å². The molecule has 0 saturated heterocycles. The molecule has 19 heavy (non-hydrogen) atoms. The maximum Gasteiger partial charge on any atom is 0.337 e. The lowest BCUT2D eigenvalue weighted by Crippen LogP contribution is -2.00. The molecule has 2 unspecified atom stereocenters. The predicted octanol–water partition coefficient (Wildman–Crippen LogP) is 2.23. The number of rotatable bonds is 2. The fraction of sp³-hybridized carbons (Fsp3) is 0.438. The van der Waals surface area contributed by atoms with Crippen LogP contribution in [0, 0.1) is 23.7 Å². The van der Waals surface area contributed by atoms with Gasteiger partial charge in [0.2, 0.25) is 0 Å².